The van der Waals surface area contributed by atoms with E-state index in [9.17, 15) is 0 Å². The molecule has 6 heavy (non-hydrogen) atoms. The van der Waals surface area contributed by atoms with Gasteiger partial charge in [0.1, 0.15) is 0 Å². The zero-order valence-electron chi connectivity index (χ0n) is 2.81. The summed E-state index contributed by atoms with van der Waals surface area (Å²) in [6.07, 6.45) is 0. The van der Waals surface area contributed by atoms with Crippen LogP contribution in [0.15, 0.2) is 0 Å². The van der Waals surface area contributed by atoms with Gasteiger partial charge in [-0.05, 0) is 0 Å². The Labute approximate surface area is 110 Å². The van der Waals surface area contributed by atoms with Crippen LogP contribution in [0.3, 0.4) is 0 Å². The van der Waals surface area contributed by atoms with Crippen molar-refractivity contribution in [2.75, 3.05) is 0 Å². The standard InChI is InChI=1S/Ba.Cu.3O.Y/q+2;;;2*-2;+3. The van der Waals surface area contributed by atoms with Crippen LogP contribution in [0.4, 0.5) is 0 Å². The van der Waals surface area contributed by atoms with Gasteiger partial charge in [-0.15, -0.1) is 0 Å². The van der Waals surface area contributed by atoms with Gasteiger partial charge in [0.05, 0.1) is 0 Å². The van der Waals surface area contributed by atoms with Crippen molar-refractivity contribution in [1.29, 1.82) is 0 Å². The summed E-state index contributed by atoms with van der Waals surface area (Å²) in [7, 11) is 0. The van der Waals surface area contributed by atoms with Crippen LogP contribution in [0.5, 0.6) is 0 Å². The number of hydrogen-bond donors (Lipinski definition) is 0. The average molecular weight is 338 g/mol. The SMILES string of the molecule is [Ba+2].[O-2].[O-2].[O]=[Cu].[Y+3]. The predicted molar refractivity (Wildman–Crippen MR) is 7.81 cm³/mol. The molecule has 3 nitrogen and oxygen atoms in total. The molecule has 0 aromatic carbocycles. The van der Waals surface area contributed by atoms with Crippen LogP contribution in [0.25, 0.3) is 0 Å². The van der Waals surface area contributed by atoms with E-state index in [0.717, 1.165) is 0 Å². The maximum absolute atomic E-state index is 7.81. The molecule has 0 bridgehead atoms. The Morgan fingerprint density at radius 2 is 1.00 bits per heavy atom. The molecule has 0 amide bonds. The van der Waals surface area contributed by atoms with Gasteiger partial charge in [-0.2, -0.15) is 0 Å². The molecular weight excluding hydrogens is 338 g/mol. The molecule has 0 saturated heterocycles. The summed E-state index contributed by atoms with van der Waals surface area (Å²) in [4.78, 5) is 0. The van der Waals surface area contributed by atoms with Gasteiger partial charge in [0.2, 0.25) is 0 Å². The van der Waals surface area contributed by atoms with E-state index < -0.39 is 0 Å². The van der Waals surface area contributed by atoms with E-state index in [1.165, 1.54) is 0 Å². The Morgan fingerprint density at radius 1 is 1.00 bits per heavy atom. The second-order valence-corrected chi connectivity index (χ2v) is 0. The van der Waals surface area contributed by atoms with E-state index in [1.54, 1.807) is 0 Å². The summed E-state index contributed by atoms with van der Waals surface area (Å²) in [5.74, 6) is 0. The van der Waals surface area contributed by atoms with Gasteiger partial charge in [0.15, 0.2) is 0 Å². The van der Waals surface area contributed by atoms with E-state index in [0.29, 0.717) is 0 Å². The minimum Gasteiger partial charge on any atom is 3.00 e. The van der Waals surface area contributed by atoms with Gasteiger partial charge in [-0.3, -0.25) is 0 Å². The quantitative estimate of drug-likeness (QED) is 0.536. The van der Waals surface area contributed by atoms with Crippen molar-refractivity contribution in [2.24, 2.45) is 0 Å². The first kappa shape index (κ1) is 36.4. The van der Waals surface area contributed by atoms with Gasteiger partial charge in [-0.1, -0.05) is 0 Å². The van der Waals surface area contributed by atoms with Gasteiger partial charge in [0, 0.05) is 0 Å². The van der Waals surface area contributed by atoms with E-state index in [-0.39, 0.29) is 92.5 Å². The molecule has 0 aliphatic carbocycles. The molecule has 0 radical (unpaired) electrons. The summed E-state index contributed by atoms with van der Waals surface area (Å²) >= 11 is 2.94. The Bertz CT molecular complexity index is 10.8. The minimum atomic E-state index is 0. The molecule has 0 aromatic heterocycles. The van der Waals surface area contributed by atoms with Crippen LogP contribution >= 0.6 is 0 Å². The summed E-state index contributed by atoms with van der Waals surface area (Å²) in [6, 6.07) is 0. The van der Waals surface area contributed by atoms with Crippen LogP contribution < -0.4 is 0 Å². The largest absolute Gasteiger partial charge is 3.00 e. The molecule has 0 unspecified atom stereocenters. The third-order valence-corrected chi connectivity index (χ3v) is 0. The maximum Gasteiger partial charge on any atom is 3.00 e. The van der Waals surface area contributed by atoms with Crippen LogP contribution in [0, 0.1) is 0 Å². The molecule has 0 fully saturated rings. The molecule has 0 N–H and O–H groups in total. The van der Waals surface area contributed by atoms with Gasteiger partial charge in [0.25, 0.3) is 0 Å². The molecule has 0 saturated carbocycles. The van der Waals surface area contributed by atoms with E-state index in [1.807, 2.05) is 0 Å². The molecule has 0 aromatic rings. The first-order chi connectivity index (χ1) is 1.00. The Hall–Kier alpha value is 2.91. The maximum atomic E-state index is 7.81. The normalized spacial score (nSPS) is 1.00. The molecule has 0 aliphatic heterocycles. The third kappa shape index (κ3) is 28.5. The average Bonchev–Trinajstić information content (AvgIpc) is 1.00. The molecule has 0 aliphatic rings. The fraction of sp³-hybridized carbons (Fsp3) is 0. The Morgan fingerprint density at radius 3 is 1.00 bits per heavy atom. The predicted octanol–water partition coefficient (Wildman–Crippen LogP) is -0.742. The van der Waals surface area contributed by atoms with Crippen LogP contribution in [0.1, 0.15) is 0 Å². The Kier molecular flexibility index (Phi) is 271. The van der Waals surface area contributed by atoms with Gasteiger partial charge < -0.3 is 11.0 Å². The molecule has 6 heteroatoms. The first-order valence-corrected chi connectivity index (χ1v) is 0.508. The first-order valence-electron chi connectivity index (χ1n) is 0.123. The van der Waals surface area contributed by atoms with Crippen molar-refractivity contribution in [3.63, 3.8) is 0 Å². The molecule has 33 valence electrons. The van der Waals surface area contributed by atoms with Crippen LogP contribution in [0.2, 0.25) is 0 Å². The van der Waals surface area contributed by atoms with E-state index in [2.05, 4.69) is 15.9 Å². The summed E-state index contributed by atoms with van der Waals surface area (Å²) in [5.41, 5.74) is 0. The van der Waals surface area contributed by atoms with Crippen molar-refractivity contribution in [1.82, 2.24) is 0 Å². The summed E-state index contributed by atoms with van der Waals surface area (Å²) in [5, 5.41) is 0. The number of hydrogen-bond acceptors (Lipinski definition) is 1. The zero-order valence-corrected chi connectivity index (χ0v) is 11.0. The third-order valence-electron chi connectivity index (χ3n) is 0. The minimum absolute atomic E-state index is 0. The van der Waals surface area contributed by atoms with Gasteiger partial charge >= 0.3 is 101 Å². The topological polar surface area (TPSA) is 74.1 Å². The second kappa shape index (κ2) is 44.5. The van der Waals surface area contributed by atoms with Crippen molar-refractivity contribution in [2.45, 2.75) is 0 Å². The second-order valence-electron chi connectivity index (χ2n) is 0. The van der Waals surface area contributed by atoms with Gasteiger partial charge in [-0.25, -0.2) is 0 Å². The fourth-order valence-electron chi connectivity index (χ4n) is 0. The smallest absolute Gasteiger partial charge is 3.00 e. The van der Waals surface area contributed by atoms with Crippen LogP contribution in [-0.4, -0.2) is 48.9 Å². The summed E-state index contributed by atoms with van der Waals surface area (Å²) in [6.45, 7) is 0. The van der Waals surface area contributed by atoms with E-state index in [4.69, 9.17) is 3.83 Å². The molecule has 0 rings (SSSR count). The zero-order chi connectivity index (χ0) is 2.00. The molecular formula is BaCuO3Y+. The molecule has 0 atom stereocenters. The number of rotatable bonds is 0. The Balaban J connectivity index is -0.000000000833. The van der Waals surface area contributed by atoms with Crippen molar-refractivity contribution < 1.29 is 63.4 Å². The van der Waals surface area contributed by atoms with Crippen LogP contribution in [-0.2, 0) is 63.4 Å². The van der Waals surface area contributed by atoms with Crippen molar-refractivity contribution in [3.8, 4) is 0 Å². The van der Waals surface area contributed by atoms with E-state index >= 15 is 0 Å². The monoisotopic (exact) mass is 338 g/mol. The molecule has 0 heterocycles. The van der Waals surface area contributed by atoms with Crippen molar-refractivity contribution >= 4 is 48.9 Å². The summed E-state index contributed by atoms with van der Waals surface area (Å²) < 4.78 is 7.81. The fourth-order valence-corrected chi connectivity index (χ4v) is 0. The molecule has 0 spiro atoms. The van der Waals surface area contributed by atoms with Crippen molar-refractivity contribution in [3.05, 3.63) is 0 Å².